The van der Waals surface area contributed by atoms with Gasteiger partial charge in [-0.3, -0.25) is 14.3 Å². The molecule has 1 atom stereocenters. The van der Waals surface area contributed by atoms with Gasteiger partial charge in [0.05, 0.1) is 28.2 Å². The third kappa shape index (κ3) is 5.51. The Kier molecular flexibility index (Phi) is 6.47. The molecule has 0 aliphatic carbocycles. The van der Waals surface area contributed by atoms with Gasteiger partial charge in [0.1, 0.15) is 18.2 Å². The highest BCUT2D eigenvalue weighted by Gasteiger charge is 2.31. The van der Waals surface area contributed by atoms with Gasteiger partial charge in [-0.1, -0.05) is 35.9 Å². The number of imidazole rings is 1. The Labute approximate surface area is 214 Å². The van der Waals surface area contributed by atoms with Crippen molar-refractivity contribution in [3.8, 4) is 11.4 Å². The molecule has 188 valence electrons. The number of benzene rings is 3. The number of aromatic nitrogens is 3. The van der Waals surface area contributed by atoms with Gasteiger partial charge < -0.3 is 9.47 Å². The molecule has 0 aliphatic heterocycles. The predicted octanol–water partition coefficient (Wildman–Crippen LogP) is 6.97. The first-order chi connectivity index (χ1) is 17.7. The monoisotopic (exact) mass is 525 g/mol. The fourth-order valence-corrected chi connectivity index (χ4v) is 4.19. The molecule has 0 amide bonds. The van der Waals surface area contributed by atoms with Crippen LogP contribution in [-0.4, -0.2) is 26.9 Å². The molecule has 37 heavy (non-hydrogen) atoms. The molecule has 1 unspecified atom stereocenters. The van der Waals surface area contributed by atoms with E-state index in [1.165, 1.54) is 30.5 Å². The SMILES string of the molecule is CC(OC(=O)Cc1ccc2c(ccc3c2ncn3-c2ccc(OC(F)(F)F)cc2)c1)c1ccc(Cl)cn1. The lowest BCUT2D eigenvalue weighted by molar-refractivity contribution is -0.274. The molecule has 0 bridgehead atoms. The number of ether oxygens (including phenoxy) is 2. The van der Waals surface area contributed by atoms with Crippen LogP contribution in [0, 0.1) is 0 Å². The number of carbonyl (C=O) groups excluding carboxylic acids is 1. The van der Waals surface area contributed by atoms with Gasteiger partial charge in [0.2, 0.25) is 0 Å². The molecule has 0 saturated heterocycles. The van der Waals surface area contributed by atoms with Crippen molar-refractivity contribution < 1.29 is 27.4 Å². The van der Waals surface area contributed by atoms with Crippen LogP contribution in [0.1, 0.15) is 24.3 Å². The normalized spacial score (nSPS) is 12.6. The number of fused-ring (bicyclic) bond motifs is 3. The number of pyridine rings is 1. The van der Waals surface area contributed by atoms with Crippen molar-refractivity contribution >= 4 is 39.4 Å². The summed E-state index contributed by atoms with van der Waals surface area (Å²) in [4.78, 5) is 21.2. The average Bonchev–Trinajstić information content (AvgIpc) is 3.28. The Morgan fingerprint density at radius 1 is 1.03 bits per heavy atom. The summed E-state index contributed by atoms with van der Waals surface area (Å²) in [5.41, 5.74) is 3.54. The number of hydrogen-bond acceptors (Lipinski definition) is 5. The summed E-state index contributed by atoms with van der Waals surface area (Å²) in [7, 11) is 0. The van der Waals surface area contributed by atoms with Crippen molar-refractivity contribution in [1.82, 2.24) is 14.5 Å². The molecule has 0 fully saturated rings. The van der Waals surface area contributed by atoms with Gasteiger partial charge >= 0.3 is 12.3 Å². The molecule has 0 radical (unpaired) electrons. The number of rotatable bonds is 6. The van der Waals surface area contributed by atoms with Crippen LogP contribution >= 0.6 is 11.6 Å². The van der Waals surface area contributed by atoms with E-state index in [-0.39, 0.29) is 18.1 Å². The Morgan fingerprint density at radius 3 is 2.51 bits per heavy atom. The molecule has 0 saturated carbocycles. The zero-order valence-electron chi connectivity index (χ0n) is 19.4. The Morgan fingerprint density at radius 2 is 1.81 bits per heavy atom. The van der Waals surface area contributed by atoms with Crippen LogP contribution < -0.4 is 4.74 Å². The van der Waals surface area contributed by atoms with E-state index in [0.29, 0.717) is 16.4 Å². The number of halogens is 4. The van der Waals surface area contributed by atoms with Crippen molar-refractivity contribution in [2.75, 3.05) is 0 Å². The summed E-state index contributed by atoms with van der Waals surface area (Å²) in [6.45, 7) is 1.75. The van der Waals surface area contributed by atoms with Gasteiger partial charge in [-0.15, -0.1) is 13.2 Å². The van der Waals surface area contributed by atoms with Crippen LogP contribution in [0.15, 0.2) is 79.3 Å². The highest BCUT2D eigenvalue weighted by molar-refractivity contribution is 6.30. The van der Waals surface area contributed by atoms with Gasteiger partial charge in [-0.25, -0.2) is 4.98 Å². The highest BCUT2D eigenvalue weighted by Crippen LogP contribution is 2.29. The largest absolute Gasteiger partial charge is 0.573 e. The molecule has 0 N–H and O–H groups in total. The molecule has 3 aromatic carbocycles. The van der Waals surface area contributed by atoms with Crippen LogP contribution in [-0.2, 0) is 16.0 Å². The Bertz CT molecular complexity index is 1580. The zero-order chi connectivity index (χ0) is 26.2. The van der Waals surface area contributed by atoms with Crippen molar-refractivity contribution in [2.24, 2.45) is 0 Å². The van der Waals surface area contributed by atoms with Crippen molar-refractivity contribution in [1.29, 1.82) is 0 Å². The second-order valence-corrected chi connectivity index (χ2v) is 8.79. The second-order valence-electron chi connectivity index (χ2n) is 8.36. The van der Waals surface area contributed by atoms with Crippen molar-refractivity contribution in [2.45, 2.75) is 25.8 Å². The fraction of sp³-hybridized carbons (Fsp3) is 0.148. The van der Waals surface area contributed by atoms with E-state index < -0.39 is 12.5 Å². The molecule has 0 spiro atoms. The topological polar surface area (TPSA) is 66.2 Å². The quantitative estimate of drug-likeness (QED) is 0.224. The van der Waals surface area contributed by atoms with E-state index in [0.717, 1.165) is 27.4 Å². The van der Waals surface area contributed by atoms with E-state index in [9.17, 15) is 18.0 Å². The molecule has 2 heterocycles. The highest BCUT2D eigenvalue weighted by atomic mass is 35.5. The van der Waals surface area contributed by atoms with E-state index in [2.05, 4.69) is 14.7 Å². The predicted molar refractivity (Wildman–Crippen MR) is 133 cm³/mol. The van der Waals surface area contributed by atoms with Gasteiger partial charge in [-0.2, -0.15) is 0 Å². The molecule has 5 aromatic rings. The summed E-state index contributed by atoms with van der Waals surface area (Å²) in [5, 5.41) is 2.28. The summed E-state index contributed by atoms with van der Waals surface area (Å²) in [5.74, 6) is -0.678. The molecule has 0 aliphatic rings. The molecule has 2 aromatic heterocycles. The van der Waals surface area contributed by atoms with Crippen LogP contribution in [0.2, 0.25) is 5.02 Å². The molecular weight excluding hydrogens is 507 g/mol. The molecular formula is C27H19ClF3N3O3. The lowest BCUT2D eigenvalue weighted by Gasteiger charge is -2.13. The standard InChI is InChI=1S/C27H19ClF3N3O3/c1-16(23-10-4-19(28)14-32-23)36-25(35)13-17-2-9-22-18(12-17)3-11-24-26(22)33-15-34(24)20-5-7-21(8-6-20)37-27(29,30)31/h2-12,14-16H,13H2,1H3. The second kappa shape index (κ2) is 9.74. The smallest absolute Gasteiger partial charge is 0.456 e. The summed E-state index contributed by atoms with van der Waals surface area (Å²) < 4.78 is 48.6. The van der Waals surface area contributed by atoms with Crippen LogP contribution in [0.25, 0.3) is 27.5 Å². The van der Waals surface area contributed by atoms with Gasteiger partial charge in [0.25, 0.3) is 0 Å². The maximum absolute atomic E-state index is 12.5. The van der Waals surface area contributed by atoms with E-state index in [4.69, 9.17) is 16.3 Å². The maximum atomic E-state index is 12.5. The third-order valence-electron chi connectivity index (χ3n) is 5.77. The molecule has 10 heteroatoms. The van der Waals surface area contributed by atoms with Gasteiger partial charge in [0.15, 0.2) is 0 Å². The molecule has 5 rings (SSSR count). The van der Waals surface area contributed by atoms with E-state index in [1.54, 1.807) is 30.0 Å². The Hall–Kier alpha value is -4.11. The zero-order valence-corrected chi connectivity index (χ0v) is 20.1. The minimum Gasteiger partial charge on any atom is -0.456 e. The van der Waals surface area contributed by atoms with Gasteiger partial charge in [0, 0.05) is 17.3 Å². The third-order valence-corrected chi connectivity index (χ3v) is 5.99. The summed E-state index contributed by atoms with van der Waals surface area (Å²) in [6.07, 6.45) is -2.05. The number of nitrogens with zero attached hydrogens (tertiary/aromatic N) is 3. The van der Waals surface area contributed by atoms with E-state index >= 15 is 0 Å². The van der Waals surface area contributed by atoms with Gasteiger partial charge in [-0.05, 0) is 60.3 Å². The average molecular weight is 526 g/mol. The van der Waals surface area contributed by atoms with Crippen LogP contribution in [0.5, 0.6) is 5.75 Å². The minimum atomic E-state index is -4.75. The first kappa shape index (κ1) is 24.6. The van der Waals surface area contributed by atoms with Crippen LogP contribution in [0.4, 0.5) is 13.2 Å². The first-order valence-electron chi connectivity index (χ1n) is 11.2. The number of esters is 1. The molecule has 6 nitrogen and oxygen atoms in total. The number of alkyl halides is 3. The summed E-state index contributed by atoms with van der Waals surface area (Å²) >= 11 is 5.86. The lowest BCUT2D eigenvalue weighted by Crippen LogP contribution is -2.17. The minimum absolute atomic E-state index is 0.0900. The van der Waals surface area contributed by atoms with E-state index in [1.807, 2.05) is 30.3 Å². The summed E-state index contributed by atoms with van der Waals surface area (Å²) in [6, 6.07) is 18.4. The first-order valence-corrected chi connectivity index (χ1v) is 11.6. The Balaban J connectivity index is 1.34. The number of hydrogen-bond donors (Lipinski definition) is 0. The fourth-order valence-electron chi connectivity index (χ4n) is 4.08. The van der Waals surface area contributed by atoms with Crippen LogP contribution in [0.3, 0.4) is 0 Å². The van der Waals surface area contributed by atoms with Crippen molar-refractivity contribution in [3.05, 3.63) is 95.5 Å². The maximum Gasteiger partial charge on any atom is 0.573 e. The number of carbonyl (C=O) groups is 1. The lowest BCUT2D eigenvalue weighted by atomic mass is 10.0. The van der Waals surface area contributed by atoms with Crippen molar-refractivity contribution in [3.63, 3.8) is 0 Å².